The van der Waals surface area contributed by atoms with Gasteiger partial charge in [-0.25, -0.2) is 4.79 Å². The lowest BCUT2D eigenvalue weighted by Crippen LogP contribution is -2.39. The molecule has 9 heteroatoms. The monoisotopic (exact) mass is 372 g/mol. The molecule has 4 rings (SSSR count). The Morgan fingerprint density at radius 3 is 3.04 bits per heavy atom. The SMILES string of the molecule is COc1cncc(OC2CCN(C(=O)NCc3ccc4c(c3)OCO4)C2)n1. The van der Waals surface area contributed by atoms with Gasteiger partial charge in [0, 0.05) is 19.5 Å². The van der Waals surface area contributed by atoms with Gasteiger partial charge in [0.25, 0.3) is 0 Å². The minimum Gasteiger partial charge on any atom is -0.480 e. The second kappa shape index (κ2) is 7.56. The zero-order valence-corrected chi connectivity index (χ0v) is 14.9. The number of aromatic nitrogens is 2. The van der Waals surface area contributed by atoms with Gasteiger partial charge in [0.05, 0.1) is 26.0 Å². The van der Waals surface area contributed by atoms with Gasteiger partial charge in [0.15, 0.2) is 11.5 Å². The molecule has 2 aliphatic rings. The average molecular weight is 372 g/mol. The van der Waals surface area contributed by atoms with E-state index in [0.29, 0.717) is 37.1 Å². The van der Waals surface area contributed by atoms with Gasteiger partial charge < -0.3 is 29.2 Å². The van der Waals surface area contributed by atoms with E-state index in [-0.39, 0.29) is 18.9 Å². The maximum absolute atomic E-state index is 12.4. The summed E-state index contributed by atoms with van der Waals surface area (Å²) >= 11 is 0. The smallest absolute Gasteiger partial charge is 0.317 e. The molecular weight excluding hydrogens is 352 g/mol. The number of carbonyl (C=O) groups excluding carboxylic acids is 1. The molecule has 1 atom stereocenters. The fourth-order valence-corrected chi connectivity index (χ4v) is 3.01. The van der Waals surface area contributed by atoms with E-state index in [1.165, 1.54) is 19.5 Å². The minimum absolute atomic E-state index is 0.123. The third-order valence-electron chi connectivity index (χ3n) is 4.40. The van der Waals surface area contributed by atoms with Crippen LogP contribution in [-0.2, 0) is 6.54 Å². The summed E-state index contributed by atoms with van der Waals surface area (Å²) in [6.45, 7) is 1.76. The number of ether oxygens (including phenoxy) is 4. The molecule has 1 fully saturated rings. The summed E-state index contributed by atoms with van der Waals surface area (Å²) in [5.41, 5.74) is 0.950. The van der Waals surface area contributed by atoms with Crippen molar-refractivity contribution in [3.05, 3.63) is 36.2 Å². The lowest BCUT2D eigenvalue weighted by molar-refractivity contribution is 0.174. The summed E-state index contributed by atoms with van der Waals surface area (Å²) in [5.74, 6) is 2.21. The van der Waals surface area contributed by atoms with Crippen LogP contribution in [0.3, 0.4) is 0 Å². The van der Waals surface area contributed by atoms with Crippen LogP contribution in [0.15, 0.2) is 30.6 Å². The number of rotatable bonds is 5. The number of nitrogens with zero attached hydrogens (tertiary/aromatic N) is 3. The molecule has 0 radical (unpaired) electrons. The lowest BCUT2D eigenvalue weighted by Gasteiger charge is -2.18. The van der Waals surface area contributed by atoms with Gasteiger partial charge in [-0.15, -0.1) is 0 Å². The van der Waals surface area contributed by atoms with Crippen LogP contribution in [-0.4, -0.2) is 54.0 Å². The second-order valence-electron chi connectivity index (χ2n) is 6.22. The predicted octanol–water partition coefficient (Wildman–Crippen LogP) is 1.58. The molecule has 0 aliphatic carbocycles. The standard InChI is InChI=1S/C18H20N4O5/c1-24-16-8-19-9-17(21-16)27-13-4-5-22(10-13)18(23)20-7-12-2-3-14-15(6-12)26-11-25-14/h2-3,6,8-9,13H,4-5,7,10-11H2,1H3,(H,20,23). The van der Waals surface area contributed by atoms with Crippen LogP contribution in [0.4, 0.5) is 4.79 Å². The van der Waals surface area contributed by atoms with Crippen molar-refractivity contribution >= 4 is 6.03 Å². The van der Waals surface area contributed by atoms with Gasteiger partial charge in [0.1, 0.15) is 6.10 Å². The van der Waals surface area contributed by atoms with Gasteiger partial charge in [0.2, 0.25) is 18.6 Å². The maximum atomic E-state index is 12.4. The Labute approximate surface area is 156 Å². The number of nitrogens with one attached hydrogen (secondary N) is 1. The quantitative estimate of drug-likeness (QED) is 0.851. The topological polar surface area (TPSA) is 95.0 Å². The zero-order valence-electron chi connectivity index (χ0n) is 14.9. The number of carbonyl (C=O) groups is 1. The van der Waals surface area contributed by atoms with Crippen LogP contribution in [0.5, 0.6) is 23.3 Å². The van der Waals surface area contributed by atoms with Gasteiger partial charge >= 0.3 is 6.03 Å². The van der Waals surface area contributed by atoms with Crippen LogP contribution in [0.2, 0.25) is 0 Å². The van der Waals surface area contributed by atoms with Gasteiger partial charge in [-0.2, -0.15) is 4.98 Å². The van der Waals surface area contributed by atoms with E-state index in [1.54, 1.807) is 4.90 Å². The molecule has 9 nitrogen and oxygen atoms in total. The van der Waals surface area contributed by atoms with Crippen LogP contribution in [0.1, 0.15) is 12.0 Å². The highest BCUT2D eigenvalue weighted by Gasteiger charge is 2.28. The Hall–Kier alpha value is -3.23. The largest absolute Gasteiger partial charge is 0.480 e. The Morgan fingerprint density at radius 1 is 1.30 bits per heavy atom. The molecule has 1 aromatic carbocycles. The summed E-state index contributed by atoms with van der Waals surface area (Å²) in [4.78, 5) is 22.3. The Bertz CT molecular complexity index is 831. The number of likely N-dealkylation sites (tertiary alicyclic amines) is 1. The number of benzene rings is 1. The molecule has 0 spiro atoms. The third kappa shape index (κ3) is 3.97. The van der Waals surface area contributed by atoms with Gasteiger partial charge in [-0.1, -0.05) is 6.07 Å². The second-order valence-corrected chi connectivity index (χ2v) is 6.22. The van der Waals surface area contributed by atoms with E-state index in [2.05, 4.69) is 15.3 Å². The molecule has 1 saturated heterocycles. The summed E-state index contributed by atoms with van der Waals surface area (Å²) in [7, 11) is 1.52. The Balaban J connectivity index is 1.27. The molecule has 27 heavy (non-hydrogen) atoms. The Kier molecular flexibility index (Phi) is 4.82. The highest BCUT2D eigenvalue weighted by molar-refractivity contribution is 5.74. The molecule has 2 aromatic rings. The first-order chi connectivity index (χ1) is 13.2. The highest BCUT2D eigenvalue weighted by atomic mass is 16.7. The number of urea groups is 1. The molecule has 1 aromatic heterocycles. The first-order valence-corrected chi connectivity index (χ1v) is 8.65. The summed E-state index contributed by atoms with van der Waals surface area (Å²) in [5, 5.41) is 2.92. The first kappa shape index (κ1) is 17.2. The minimum atomic E-state index is -0.129. The predicted molar refractivity (Wildman–Crippen MR) is 94.0 cm³/mol. The lowest BCUT2D eigenvalue weighted by atomic mass is 10.2. The maximum Gasteiger partial charge on any atom is 0.317 e. The zero-order chi connectivity index (χ0) is 18.6. The molecule has 1 unspecified atom stereocenters. The van der Waals surface area contributed by atoms with Crippen molar-refractivity contribution in [1.29, 1.82) is 0 Å². The average Bonchev–Trinajstić information content (AvgIpc) is 3.35. The van der Waals surface area contributed by atoms with Crippen molar-refractivity contribution in [1.82, 2.24) is 20.2 Å². The van der Waals surface area contributed by atoms with Crippen molar-refractivity contribution in [2.75, 3.05) is 27.0 Å². The fraction of sp³-hybridized carbons (Fsp3) is 0.389. The normalized spacial score (nSPS) is 17.7. The molecule has 1 N–H and O–H groups in total. The van der Waals surface area contributed by atoms with Crippen molar-refractivity contribution in [3.8, 4) is 23.3 Å². The van der Waals surface area contributed by atoms with Gasteiger partial charge in [-0.05, 0) is 17.7 Å². The Morgan fingerprint density at radius 2 is 2.15 bits per heavy atom. The van der Waals surface area contributed by atoms with Crippen molar-refractivity contribution in [2.45, 2.75) is 19.1 Å². The van der Waals surface area contributed by atoms with E-state index in [1.807, 2.05) is 18.2 Å². The first-order valence-electron chi connectivity index (χ1n) is 8.65. The number of fused-ring (bicyclic) bond motifs is 1. The van der Waals surface area contributed by atoms with Crippen LogP contribution in [0, 0.1) is 0 Å². The molecule has 0 bridgehead atoms. The van der Waals surface area contributed by atoms with Crippen molar-refractivity contribution in [3.63, 3.8) is 0 Å². The van der Waals surface area contributed by atoms with Gasteiger partial charge in [-0.3, -0.25) is 4.98 Å². The van der Waals surface area contributed by atoms with E-state index < -0.39 is 0 Å². The number of hydrogen-bond acceptors (Lipinski definition) is 7. The van der Waals surface area contributed by atoms with Crippen LogP contribution >= 0.6 is 0 Å². The molecular formula is C18H20N4O5. The molecule has 0 saturated carbocycles. The number of amides is 2. The van der Waals surface area contributed by atoms with Crippen LogP contribution in [0.25, 0.3) is 0 Å². The molecule has 142 valence electrons. The molecule has 3 heterocycles. The van der Waals surface area contributed by atoms with Crippen molar-refractivity contribution in [2.24, 2.45) is 0 Å². The van der Waals surface area contributed by atoms with E-state index in [9.17, 15) is 4.79 Å². The highest BCUT2D eigenvalue weighted by Crippen LogP contribution is 2.32. The van der Waals surface area contributed by atoms with E-state index in [4.69, 9.17) is 18.9 Å². The van der Waals surface area contributed by atoms with Crippen LogP contribution < -0.4 is 24.3 Å². The summed E-state index contributed by atoms with van der Waals surface area (Å²) < 4.78 is 21.5. The summed E-state index contributed by atoms with van der Waals surface area (Å²) in [6, 6.07) is 5.50. The van der Waals surface area contributed by atoms with E-state index >= 15 is 0 Å². The van der Waals surface area contributed by atoms with Crippen molar-refractivity contribution < 1.29 is 23.7 Å². The fourth-order valence-electron chi connectivity index (χ4n) is 3.01. The molecule has 2 amide bonds. The van der Waals surface area contributed by atoms with E-state index in [0.717, 1.165) is 17.7 Å². The number of hydrogen-bond donors (Lipinski definition) is 1. The molecule has 2 aliphatic heterocycles. The number of methoxy groups -OCH3 is 1. The third-order valence-corrected chi connectivity index (χ3v) is 4.40. The summed E-state index contributed by atoms with van der Waals surface area (Å²) in [6.07, 6.45) is 3.65.